The van der Waals surface area contributed by atoms with Crippen LogP contribution in [0.25, 0.3) is 0 Å². The fourth-order valence-corrected chi connectivity index (χ4v) is 3.18. The van der Waals surface area contributed by atoms with E-state index >= 15 is 0 Å². The Kier molecular flexibility index (Phi) is 4.74. The van der Waals surface area contributed by atoms with Crippen LogP contribution in [-0.2, 0) is 21.2 Å². The van der Waals surface area contributed by atoms with Gasteiger partial charge >= 0.3 is 0 Å². The number of carbonyl (C=O) groups is 1. The van der Waals surface area contributed by atoms with Gasteiger partial charge in [-0.25, -0.2) is 13.1 Å². The lowest BCUT2D eigenvalue weighted by Gasteiger charge is -2.08. The molecule has 0 unspecified atom stereocenters. The average molecular weight is 297 g/mol. The second-order valence-electron chi connectivity index (χ2n) is 4.65. The molecule has 1 amide bonds. The first kappa shape index (κ1) is 15.0. The SMILES string of the molecule is CCNCCCNS(=O)(=O)c1ccc2c(c1)CC(=O)N2. The van der Waals surface area contributed by atoms with Crippen LogP contribution < -0.4 is 15.4 Å². The van der Waals surface area contributed by atoms with E-state index in [0.717, 1.165) is 25.1 Å². The van der Waals surface area contributed by atoms with Gasteiger partial charge in [0.25, 0.3) is 0 Å². The van der Waals surface area contributed by atoms with Gasteiger partial charge in [0.2, 0.25) is 15.9 Å². The van der Waals surface area contributed by atoms with Crippen LogP contribution in [0, 0.1) is 0 Å². The maximum absolute atomic E-state index is 12.1. The quantitative estimate of drug-likeness (QED) is 0.638. The van der Waals surface area contributed by atoms with Gasteiger partial charge in [0, 0.05) is 12.2 Å². The van der Waals surface area contributed by atoms with Crippen molar-refractivity contribution in [3.05, 3.63) is 23.8 Å². The maximum Gasteiger partial charge on any atom is 0.240 e. The van der Waals surface area contributed by atoms with Crippen molar-refractivity contribution in [1.82, 2.24) is 10.0 Å². The molecular formula is C13H19N3O3S. The van der Waals surface area contributed by atoms with E-state index in [4.69, 9.17) is 0 Å². The summed E-state index contributed by atoms with van der Waals surface area (Å²) in [6, 6.07) is 4.70. The summed E-state index contributed by atoms with van der Waals surface area (Å²) in [5.74, 6) is -0.104. The van der Waals surface area contributed by atoms with Crippen LogP contribution >= 0.6 is 0 Å². The molecule has 0 radical (unpaired) electrons. The summed E-state index contributed by atoms with van der Waals surface area (Å²) in [7, 11) is -3.50. The molecule has 3 N–H and O–H groups in total. The Balaban J connectivity index is 2.00. The number of rotatable bonds is 7. The highest BCUT2D eigenvalue weighted by Crippen LogP contribution is 2.25. The number of amides is 1. The highest BCUT2D eigenvalue weighted by atomic mass is 32.2. The fourth-order valence-electron chi connectivity index (χ4n) is 2.05. The predicted octanol–water partition coefficient (Wildman–Crippen LogP) is 0.459. The Labute approximate surface area is 119 Å². The van der Waals surface area contributed by atoms with E-state index in [1.807, 2.05) is 6.92 Å². The lowest BCUT2D eigenvalue weighted by molar-refractivity contribution is -0.115. The molecule has 1 heterocycles. The summed E-state index contributed by atoms with van der Waals surface area (Å²) in [5.41, 5.74) is 1.42. The normalized spacial score (nSPS) is 14.2. The van der Waals surface area contributed by atoms with Crippen LogP contribution in [0.5, 0.6) is 0 Å². The highest BCUT2D eigenvalue weighted by molar-refractivity contribution is 7.89. The van der Waals surface area contributed by atoms with Crippen molar-refractivity contribution in [1.29, 1.82) is 0 Å². The van der Waals surface area contributed by atoms with Crippen molar-refractivity contribution >= 4 is 21.6 Å². The number of carbonyl (C=O) groups excluding carboxylic acids is 1. The molecule has 1 aliphatic heterocycles. The van der Waals surface area contributed by atoms with Crippen LogP contribution in [0.2, 0.25) is 0 Å². The number of nitrogens with one attached hydrogen (secondary N) is 3. The molecule has 2 rings (SSSR count). The molecule has 20 heavy (non-hydrogen) atoms. The average Bonchev–Trinajstić information content (AvgIpc) is 2.77. The smallest absolute Gasteiger partial charge is 0.240 e. The molecule has 0 aliphatic carbocycles. The van der Waals surface area contributed by atoms with Crippen molar-refractivity contribution in [3.8, 4) is 0 Å². The van der Waals surface area contributed by atoms with E-state index in [9.17, 15) is 13.2 Å². The first-order valence-electron chi connectivity index (χ1n) is 6.66. The summed E-state index contributed by atoms with van der Waals surface area (Å²) < 4.78 is 26.8. The second-order valence-corrected chi connectivity index (χ2v) is 6.42. The standard InChI is InChI=1S/C13H19N3O3S/c1-2-14-6-3-7-15-20(18,19)11-4-5-12-10(8-11)9-13(17)16-12/h4-5,8,14-15H,2-3,6-7,9H2,1H3,(H,16,17). The minimum Gasteiger partial charge on any atom is -0.326 e. The summed E-state index contributed by atoms with van der Waals surface area (Å²) >= 11 is 0. The number of benzene rings is 1. The molecule has 1 aromatic carbocycles. The highest BCUT2D eigenvalue weighted by Gasteiger charge is 2.21. The van der Waals surface area contributed by atoms with Crippen molar-refractivity contribution in [2.45, 2.75) is 24.7 Å². The first-order chi connectivity index (χ1) is 9.53. The first-order valence-corrected chi connectivity index (χ1v) is 8.14. The molecule has 0 saturated heterocycles. The van der Waals surface area contributed by atoms with Gasteiger partial charge in [-0.15, -0.1) is 0 Å². The van der Waals surface area contributed by atoms with Gasteiger partial charge in [-0.2, -0.15) is 0 Å². The molecule has 6 nitrogen and oxygen atoms in total. The third kappa shape index (κ3) is 3.56. The number of fused-ring (bicyclic) bond motifs is 1. The Morgan fingerprint density at radius 3 is 2.85 bits per heavy atom. The Hall–Kier alpha value is -1.44. The van der Waals surface area contributed by atoms with Gasteiger partial charge in [-0.05, 0) is 43.3 Å². The van der Waals surface area contributed by atoms with Crippen LogP contribution in [0.1, 0.15) is 18.9 Å². The van der Waals surface area contributed by atoms with Gasteiger partial charge in [0.05, 0.1) is 11.3 Å². The molecule has 0 aromatic heterocycles. The summed E-state index contributed by atoms with van der Waals surface area (Å²) in [6.45, 7) is 4.05. The van der Waals surface area contributed by atoms with Crippen LogP contribution in [0.3, 0.4) is 0 Å². The van der Waals surface area contributed by atoms with Gasteiger partial charge < -0.3 is 10.6 Å². The van der Waals surface area contributed by atoms with E-state index in [1.54, 1.807) is 12.1 Å². The van der Waals surface area contributed by atoms with Crippen molar-refractivity contribution in [3.63, 3.8) is 0 Å². The zero-order valence-corrected chi connectivity index (χ0v) is 12.2. The fraction of sp³-hybridized carbons (Fsp3) is 0.462. The molecule has 0 spiro atoms. The summed E-state index contributed by atoms with van der Waals surface area (Å²) in [4.78, 5) is 11.5. The van der Waals surface area contributed by atoms with E-state index in [-0.39, 0.29) is 17.2 Å². The minimum atomic E-state index is -3.50. The summed E-state index contributed by atoms with van der Waals surface area (Å²) in [5, 5.41) is 5.81. The van der Waals surface area contributed by atoms with E-state index in [2.05, 4.69) is 15.4 Å². The van der Waals surface area contributed by atoms with Crippen molar-refractivity contribution < 1.29 is 13.2 Å². The molecular weight excluding hydrogens is 278 g/mol. The number of sulfonamides is 1. The second kappa shape index (κ2) is 6.34. The molecule has 0 atom stereocenters. The van der Waals surface area contributed by atoms with E-state index in [1.165, 1.54) is 6.07 Å². The van der Waals surface area contributed by atoms with Gasteiger partial charge in [0.15, 0.2) is 0 Å². The lowest BCUT2D eigenvalue weighted by atomic mass is 10.2. The predicted molar refractivity (Wildman–Crippen MR) is 77.1 cm³/mol. The largest absolute Gasteiger partial charge is 0.326 e. The Morgan fingerprint density at radius 1 is 1.30 bits per heavy atom. The zero-order chi connectivity index (χ0) is 14.6. The van der Waals surface area contributed by atoms with Gasteiger partial charge in [0.1, 0.15) is 0 Å². The maximum atomic E-state index is 12.1. The van der Waals surface area contributed by atoms with Crippen molar-refractivity contribution in [2.75, 3.05) is 25.0 Å². The molecule has 1 aromatic rings. The van der Waals surface area contributed by atoms with Crippen LogP contribution in [0.15, 0.2) is 23.1 Å². The third-order valence-corrected chi connectivity index (χ3v) is 4.54. The number of hydrogen-bond donors (Lipinski definition) is 3. The number of hydrogen-bond acceptors (Lipinski definition) is 4. The number of anilines is 1. The third-order valence-electron chi connectivity index (χ3n) is 3.08. The summed E-state index contributed by atoms with van der Waals surface area (Å²) in [6.07, 6.45) is 0.969. The molecule has 1 aliphatic rings. The zero-order valence-electron chi connectivity index (χ0n) is 11.4. The van der Waals surface area contributed by atoms with E-state index < -0.39 is 10.0 Å². The lowest BCUT2D eigenvalue weighted by Crippen LogP contribution is -2.27. The Morgan fingerprint density at radius 2 is 2.10 bits per heavy atom. The molecule has 0 saturated carbocycles. The minimum absolute atomic E-state index is 0.104. The van der Waals surface area contributed by atoms with Gasteiger partial charge in [-0.3, -0.25) is 4.79 Å². The molecule has 7 heteroatoms. The monoisotopic (exact) mass is 297 g/mol. The van der Waals surface area contributed by atoms with Crippen molar-refractivity contribution in [2.24, 2.45) is 0 Å². The van der Waals surface area contributed by atoms with Crippen LogP contribution in [-0.4, -0.2) is 34.0 Å². The molecule has 0 bridgehead atoms. The molecule has 110 valence electrons. The van der Waals surface area contributed by atoms with Crippen LogP contribution in [0.4, 0.5) is 5.69 Å². The van der Waals surface area contributed by atoms with Gasteiger partial charge in [-0.1, -0.05) is 6.92 Å². The van der Waals surface area contributed by atoms with E-state index in [0.29, 0.717) is 12.2 Å². The Bertz CT molecular complexity index is 599. The molecule has 0 fully saturated rings. The topological polar surface area (TPSA) is 87.3 Å².